The SMILES string of the molecule is CCCCCC(=O)c1ccc(OCc2cccc(NC(=O)CCC(=O)O)c2)cc1OC. The maximum Gasteiger partial charge on any atom is 0.303 e. The van der Waals surface area contributed by atoms with Crippen LogP contribution in [0.3, 0.4) is 0 Å². The molecule has 0 bridgehead atoms. The second-order valence-electron chi connectivity index (χ2n) is 7.17. The lowest BCUT2D eigenvalue weighted by Gasteiger charge is -2.12. The summed E-state index contributed by atoms with van der Waals surface area (Å²) in [5.41, 5.74) is 1.95. The number of aliphatic carboxylic acids is 1. The van der Waals surface area contributed by atoms with Gasteiger partial charge >= 0.3 is 5.97 Å². The first-order valence-electron chi connectivity index (χ1n) is 10.4. The molecule has 2 N–H and O–H groups in total. The van der Waals surface area contributed by atoms with Crippen molar-refractivity contribution >= 4 is 23.3 Å². The highest BCUT2D eigenvalue weighted by Crippen LogP contribution is 2.27. The summed E-state index contributed by atoms with van der Waals surface area (Å²) in [6.07, 6.45) is 3.14. The molecule has 0 atom stereocenters. The average molecular weight is 427 g/mol. The topological polar surface area (TPSA) is 102 Å². The van der Waals surface area contributed by atoms with Gasteiger partial charge in [-0.15, -0.1) is 0 Å². The number of carbonyl (C=O) groups excluding carboxylic acids is 2. The highest BCUT2D eigenvalue weighted by atomic mass is 16.5. The zero-order chi connectivity index (χ0) is 22.6. The molecule has 0 fully saturated rings. The standard InChI is InChI=1S/C24H29NO6/c1-3-4-5-9-21(26)20-11-10-19(15-22(20)30-2)31-16-17-7-6-8-18(14-17)25-23(27)12-13-24(28)29/h6-8,10-11,14-15H,3-5,9,12-13,16H2,1-2H3,(H,25,27)(H,28,29). The van der Waals surface area contributed by atoms with E-state index in [2.05, 4.69) is 12.2 Å². The van der Waals surface area contributed by atoms with Crippen molar-refractivity contribution in [3.63, 3.8) is 0 Å². The third-order valence-electron chi connectivity index (χ3n) is 4.66. The largest absolute Gasteiger partial charge is 0.496 e. The number of hydrogen-bond acceptors (Lipinski definition) is 5. The molecule has 0 aliphatic carbocycles. The third-order valence-corrected chi connectivity index (χ3v) is 4.66. The third kappa shape index (κ3) is 8.12. The smallest absolute Gasteiger partial charge is 0.303 e. The van der Waals surface area contributed by atoms with Crippen LogP contribution in [0.15, 0.2) is 42.5 Å². The van der Waals surface area contributed by atoms with Crippen molar-refractivity contribution in [1.82, 2.24) is 0 Å². The van der Waals surface area contributed by atoms with Crippen LogP contribution in [0.25, 0.3) is 0 Å². The first kappa shape index (κ1) is 23.9. The number of carbonyl (C=O) groups is 3. The monoisotopic (exact) mass is 427 g/mol. The van der Waals surface area contributed by atoms with Crippen LogP contribution >= 0.6 is 0 Å². The number of anilines is 1. The van der Waals surface area contributed by atoms with Crippen molar-refractivity contribution in [2.45, 2.75) is 52.1 Å². The molecule has 0 aliphatic rings. The van der Waals surface area contributed by atoms with E-state index in [0.29, 0.717) is 29.2 Å². The molecular formula is C24H29NO6. The number of carboxylic acid groups (broad SMARTS) is 1. The van der Waals surface area contributed by atoms with Gasteiger partial charge in [0.05, 0.1) is 19.1 Å². The highest BCUT2D eigenvalue weighted by Gasteiger charge is 2.13. The van der Waals surface area contributed by atoms with Crippen LogP contribution in [0.5, 0.6) is 11.5 Å². The van der Waals surface area contributed by atoms with Gasteiger partial charge in [-0.2, -0.15) is 0 Å². The van der Waals surface area contributed by atoms with E-state index in [0.717, 1.165) is 24.8 Å². The van der Waals surface area contributed by atoms with Crippen LogP contribution in [-0.2, 0) is 16.2 Å². The van der Waals surface area contributed by atoms with Crippen molar-refractivity contribution in [3.8, 4) is 11.5 Å². The Hall–Kier alpha value is -3.35. The van der Waals surface area contributed by atoms with E-state index in [1.165, 1.54) is 7.11 Å². The van der Waals surface area contributed by atoms with Gasteiger partial charge in [-0.3, -0.25) is 14.4 Å². The maximum absolute atomic E-state index is 12.4. The Morgan fingerprint density at radius 3 is 2.52 bits per heavy atom. The van der Waals surface area contributed by atoms with Crippen LogP contribution in [0.4, 0.5) is 5.69 Å². The van der Waals surface area contributed by atoms with E-state index in [1.54, 1.807) is 36.4 Å². The minimum Gasteiger partial charge on any atom is -0.496 e. The number of ether oxygens (including phenoxy) is 2. The molecule has 2 rings (SSSR count). The summed E-state index contributed by atoms with van der Waals surface area (Å²) in [7, 11) is 1.53. The summed E-state index contributed by atoms with van der Waals surface area (Å²) < 4.78 is 11.2. The summed E-state index contributed by atoms with van der Waals surface area (Å²) in [6.45, 7) is 2.35. The van der Waals surface area contributed by atoms with E-state index in [4.69, 9.17) is 14.6 Å². The average Bonchev–Trinajstić information content (AvgIpc) is 2.76. The number of carboxylic acids is 1. The summed E-state index contributed by atoms with van der Waals surface area (Å²) in [5, 5.41) is 11.3. The molecule has 31 heavy (non-hydrogen) atoms. The fourth-order valence-electron chi connectivity index (χ4n) is 3.01. The fourth-order valence-corrected chi connectivity index (χ4v) is 3.01. The molecule has 0 saturated heterocycles. The molecule has 0 heterocycles. The second kappa shape index (κ2) is 12.4. The van der Waals surface area contributed by atoms with Gasteiger partial charge < -0.3 is 19.9 Å². The molecule has 2 aromatic carbocycles. The van der Waals surface area contributed by atoms with Gasteiger partial charge in [0.25, 0.3) is 0 Å². The number of nitrogens with one attached hydrogen (secondary N) is 1. The Kier molecular flexibility index (Phi) is 9.55. The van der Waals surface area contributed by atoms with E-state index < -0.39 is 5.97 Å². The zero-order valence-electron chi connectivity index (χ0n) is 18.0. The van der Waals surface area contributed by atoms with Crippen LogP contribution < -0.4 is 14.8 Å². The lowest BCUT2D eigenvalue weighted by molar-refractivity contribution is -0.138. The Morgan fingerprint density at radius 2 is 1.81 bits per heavy atom. The predicted molar refractivity (Wildman–Crippen MR) is 118 cm³/mol. The van der Waals surface area contributed by atoms with Gasteiger partial charge in [-0.1, -0.05) is 31.9 Å². The van der Waals surface area contributed by atoms with Gasteiger partial charge in [-0.05, 0) is 36.2 Å². The molecule has 0 aromatic heterocycles. The lowest BCUT2D eigenvalue weighted by atomic mass is 10.0. The van der Waals surface area contributed by atoms with Gasteiger partial charge in [-0.25, -0.2) is 0 Å². The molecule has 2 aromatic rings. The summed E-state index contributed by atoms with van der Waals surface area (Å²) in [6, 6.07) is 12.3. The van der Waals surface area contributed by atoms with Crippen molar-refractivity contribution < 1.29 is 29.0 Å². The Labute approximate surface area is 182 Å². The zero-order valence-corrected chi connectivity index (χ0v) is 18.0. The molecule has 1 amide bonds. The number of rotatable bonds is 13. The Morgan fingerprint density at radius 1 is 1.00 bits per heavy atom. The number of unbranched alkanes of at least 4 members (excludes halogenated alkanes) is 2. The number of hydrogen-bond donors (Lipinski definition) is 2. The normalized spacial score (nSPS) is 10.4. The molecule has 166 valence electrons. The van der Waals surface area contributed by atoms with Crippen LogP contribution in [0.1, 0.15) is 61.4 Å². The molecule has 0 aliphatic heterocycles. The van der Waals surface area contributed by atoms with Gasteiger partial charge in [0, 0.05) is 24.6 Å². The van der Waals surface area contributed by atoms with Crippen molar-refractivity contribution in [3.05, 3.63) is 53.6 Å². The highest BCUT2D eigenvalue weighted by molar-refractivity contribution is 5.98. The quantitative estimate of drug-likeness (QED) is 0.350. The van der Waals surface area contributed by atoms with Crippen LogP contribution in [0, 0.1) is 0 Å². The van der Waals surface area contributed by atoms with Gasteiger partial charge in [0.15, 0.2) is 5.78 Å². The molecule has 7 nitrogen and oxygen atoms in total. The van der Waals surface area contributed by atoms with Gasteiger partial charge in [0.2, 0.25) is 5.91 Å². The van der Waals surface area contributed by atoms with Crippen LogP contribution in [0.2, 0.25) is 0 Å². The Balaban J connectivity index is 1.97. The molecule has 7 heteroatoms. The van der Waals surface area contributed by atoms with E-state index in [9.17, 15) is 14.4 Å². The molecular weight excluding hydrogens is 398 g/mol. The number of methoxy groups -OCH3 is 1. The number of Topliss-reactive ketones (excluding diaryl/α,β-unsaturated/α-hetero) is 1. The first-order valence-corrected chi connectivity index (χ1v) is 10.4. The summed E-state index contributed by atoms with van der Waals surface area (Å²) in [4.78, 5) is 34.8. The van der Waals surface area contributed by atoms with E-state index >= 15 is 0 Å². The van der Waals surface area contributed by atoms with Crippen molar-refractivity contribution in [2.75, 3.05) is 12.4 Å². The van der Waals surface area contributed by atoms with Crippen LogP contribution in [-0.4, -0.2) is 29.9 Å². The minimum absolute atomic E-state index is 0.0585. The lowest BCUT2D eigenvalue weighted by Crippen LogP contribution is -2.13. The summed E-state index contributed by atoms with van der Waals surface area (Å²) in [5.74, 6) is -0.259. The number of benzene rings is 2. The first-order chi connectivity index (χ1) is 14.9. The summed E-state index contributed by atoms with van der Waals surface area (Å²) >= 11 is 0. The second-order valence-corrected chi connectivity index (χ2v) is 7.17. The number of ketones is 1. The van der Waals surface area contributed by atoms with Crippen molar-refractivity contribution in [1.29, 1.82) is 0 Å². The van der Waals surface area contributed by atoms with Crippen molar-refractivity contribution in [2.24, 2.45) is 0 Å². The Bertz CT molecular complexity index is 909. The molecule has 0 radical (unpaired) electrons. The predicted octanol–water partition coefficient (Wildman–Crippen LogP) is 4.84. The maximum atomic E-state index is 12.4. The molecule has 0 unspecified atom stereocenters. The van der Waals surface area contributed by atoms with E-state index in [1.807, 2.05) is 6.07 Å². The fraction of sp³-hybridized carbons (Fsp3) is 0.375. The number of amides is 1. The molecule has 0 spiro atoms. The minimum atomic E-state index is -1.01. The molecule has 0 saturated carbocycles. The van der Waals surface area contributed by atoms with E-state index in [-0.39, 0.29) is 31.1 Å². The van der Waals surface area contributed by atoms with Gasteiger partial charge in [0.1, 0.15) is 18.1 Å².